The van der Waals surface area contributed by atoms with Crippen molar-refractivity contribution in [2.75, 3.05) is 43.5 Å². The Morgan fingerprint density at radius 2 is 2.00 bits per heavy atom. The van der Waals surface area contributed by atoms with E-state index in [0.29, 0.717) is 16.5 Å². The zero-order chi connectivity index (χ0) is 24.1. The van der Waals surface area contributed by atoms with E-state index in [-0.39, 0.29) is 25.3 Å². The second-order valence-corrected chi connectivity index (χ2v) is 9.29. The summed E-state index contributed by atoms with van der Waals surface area (Å²) < 4.78 is 44.6. The molecule has 2 saturated heterocycles. The summed E-state index contributed by atoms with van der Waals surface area (Å²) in [6, 6.07) is 9.43. The lowest BCUT2D eigenvalue weighted by Crippen LogP contribution is -2.46. The molecule has 34 heavy (non-hydrogen) atoms. The summed E-state index contributed by atoms with van der Waals surface area (Å²) in [5.41, 5.74) is 2.47. The maximum Gasteiger partial charge on any atom is 0.393 e. The maximum absolute atomic E-state index is 13.1. The van der Waals surface area contributed by atoms with E-state index in [0.717, 1.165) is 43.9 Å². The van der Waals surface area contributed by atoms with Crippen LogP contribution in [0.2, 0.25) is 5.02 Å². The molecule has 1 aromatic heterocycles. The first kappa shape index (κ1) is 24.8. The Morgan fingerprint density at radius 3 is 2.76 bits per heavy atom. The molecule has 2 atom stereocenters. The number of aromatic nitrogens is 1. The van der Waals surface area contributed by atoms with Gasteiger partial charge in [0.05, 0.1) is 16.9 Å². The number of benzene rings is 1. The smallest absolute Gasteiger partial charge is 0.385 e. The lowest BCUT2D eigenvalue weighted by Gasteiger charge is -2.30. The van der Waals surface area contributed by atoms with Crippen molar-refractivity contribution in [3.05, 3.63) is 41.6 Å². The van der Waals surface area contributed by atoms with Crippen molar-refractivity contribution in [2.45, 2.75) is 25.4 Å². The van der Waals surface area contributed by atoms with Gasteiger partial charge in [-0.2, -0.15) is 13.2 Å². The fourth-order valence-electron chi connectivity index (χ4n) is 4.36. The highest BCUT2D eigenvalue weighted by Crippen LogP contribution is 2.34. The number of piperidine rings is 1. The van der Waals surface area contributed by atoms with Gasteiger partial charge in [-0.3, -0.25) is 4.79 Å². The molecule has 6 nitrogen and oxygen atoms in total. The molecule has 2 aliphatic rings. The Bertz CT molecular complexity index is 998. The second kappa shape index (κ2) is 10.9. The molecule has 1 amide bonds. The van der Waals surface area contributed by atoms with E-state index in [9.17, 15) is 18.0 Å². The minimum absolute atomic E-state index is 0.171. The zero-order valence-electron chi connectivity index (χ0n) is 18.6. The van der Waals surface area contributed by atoms with Crippen LogP contribution in [0.15, 0.2) is 36.5 Å². The SMILES string of the molecule is O=C(Nc1cc(-c2cccc(NCC3CCOCC3)c2)c(Cl)cn1)[C@@H]1CNC[C@H](C(F)(F)F)C1. The third-order valence-corrected chi connectivity index (χ3v) is 6.70. The first-order chi connectivity index (χ1) is 16.3. The molecule has 184 valence electrons. The van der Waals surface area contributed by atoms with Crippen molar-refractivity contribution in [2.24, 2.45) is 17.8 Å². The topological polar surface area (TPSA) is 75.3 Å². The number of carbonyl (C=O) groups is 1. The van der Waals surface area contributed by atoms with Gasteiger partial charge in [0, 0.05) is 50.3 Å². The molecule has 4 rings (SSSR count). The number of anilines is 2. The van der Waals surface area contributed by atoms with E-state index in [2.05, 4.69) is 20.9 Å². The zero-order valence-corrected chi connectivity index (χ0v) is 19.4. The van der Waals surface area contributed by atoms with Crippen LogP contribution in [-0.2, 0) is 9.53 Å². The molecule has 3 N–H and O–H groups in total. The number of alkyl halides is 3. The van der Waals surface area contributed by atoms with Crippen LogP contribution in [0.5, 0.6) is 0 Å². The quantitative estimate of drug-likeness (QED) is 0.526. The Kier molecular flexibility index (Phi) is 7.95. The summed E-state index contributed by atoms with van der Waals surface area (Å²) in [5.74, 6) is -2.01. The maximum atomic E-state index is 13.1. The van der Waals surface area contributed by atoms with Gasteiger partial charge in [0.25, 0.3) is 0 Å². The minimum atomic E-state index is -4.33. The molecule has 0 unspecified atom stereocenters. The second-order valence-electron chi connectivity index (χ2n) is 8.89. The Hall–Kier alpha value is -2.36. The molecule has 0 spiro atoms. The van der Waals surface area contributed by atoms with E-state index >= 15 is 0 Å². The van der Waals surface area contributed by atoms with Crippen LogP contribution in [0.4, 0.5) is 24.7 Å². The number of amides is 1. The normalized spacial score (nSPS) is 21.8. The van der Waals surface area contributed by atoms with Gasteiger partial charge in [0.15, 0.2) is 0 Å². The van der Waals surface area contributed by atoms with Crippen LogP contribution in [0.25, 0.3) is 11.1 Å². The van der Waals surface area contributed by atoms with Gasteiger partial charge < -0.3 is 20.7 Å². The highest BCUT2D eigenvalue weighted by Gasteiger charge is 2.43. The Morgan fingerprint density at radius 1 is 1.21 bits per heavy atom. The first-order valence-electron chi connectivity index (χ1n) is 11.5. The summed E-state index contributed by atoms with van der Waals surface area (Å²) in [6.45, 7) is 2.46. The van der Waals surface area contributed by atoms with Crippen molar-refractivity contribution < 1.29 is 22.7 Å². The van der Waals surface area contributed by atoms with Crippen LogP contribution < -0.4 is 16.0 Å². The Labute approximate surface area is 201 Å². The van der Waals surface area contributed by atoms with Crippen LogP contribution in [0.3, 0.4) is 0 Å². The number of hydrogen-bond acceptors (Lipinski definition) is 5. The molecule has 3 heterocycles. The molecular formula is C24H28ClF3N4O2. The number of hydrogen-bond donors (Lipinski definition) is 3. The van der Waals surface area contributed by atoms with Crippen LogP contribution in [-0.4, -0.2) is 49.9 Å². The summed E-state index contributed by atoms with van der Waals surface area (Å²) in [5, 5.41) is 9.25. The average Bonchev–Trinajstić information content (AvgIpc) is 2.84. The highest BCUT2D eigenvalue weighted by molar-refractivity contribution is 6.33. The molecule has 0 saturated carbocycles. The van der Waals surface area contributed by atoms with E-state index in [4.69, 9.17) is 16.3 Å². The monoisotopic (exact) mass is 496 g/mol. The van der Waals surface area contributed by atoms with Crippen LogP contribution in [0.1, 0.15) is 19.3 Å². The predicted molar refractivity (Wildman–Crippen MR) is 126 cm³/mol. The lowest BCUT2D eigenvalue weighted by atomic mass is 9.89. The summed E-state index contributed by atoms with van der Waals surface area (Å²) in [4.78, 5) is 16.8. The van der Waals surface area contributed by atoms with Crippen LogP contribution >= 0.6 is 11.6 Å². The Balaban J connectivity index is 1.43. The fourth-order valence-corrected chi connectivity index (χ4v) is 4.57. The fraction of sp³-hybridized carbons (Fsp3) is 0.500. The van der Waals surface area contributed by atoms with Crippen molar-refractivity contribution >= 4 is 29.0 Å². The predicted octanol–water partition coefficient (Wildman–Crippen LogP) is 4.97. The summed E-state index contributed by atoms with van der Waals surface area (Å²) in [6.07, 6.45) is -1.07. The van der Waals surface area contributed by atoms with Gasteiger partial charge in [-0.15, -0.1) is 0 Å². The summed E-state index contributed by atoms with van der Waals surface area (Å²) >= 11 is 6.39. The average molecular weight is 497 g/mol. The molecule has 0 radical (unpaired) electrons. The number of ether oxygens (including phenoxy) is 1. The molecule has 2 aliphatic heterocycles. The van der Waals surface area contributed by atoms with Crippen LogP contribution in [0, 0.1) is 17.8 Å². The van der Waals surface area contributed by atoms with Gasteiger partial charge in [-0.1, -0.05) is 23.7 Å². The van der Waals surface area contributed by atoms with E-state index < -0.39 is 23.9 Å². The van der Waals surface area contributed by atoms with Gasteiger partial charge >= 0.3 is 6.18 Å². The number of nitrogens with zero attached hydrogens (tertiary/aromatic N) is 1. The molecule has 2 fully saturated rings. The van der Waals surface area contributed by atoms with E-state index in [1.165, 1.54) is 6.20 Å². The van der Waals surface area contributed by atoms with E-state index in [1.54, 1.807) is 6.07 Å². The van der Waals surface area contributed by atoms with Crippen molar-refractivity contribution in [3.8, 4) is 11.1 Å². The lowest BCUT2D eigenvalue weighted by molar-refractivity contribution is -0.181. The number of carbonyl (C=O) groups excluding carboxylic acids is 1. The molecule has 0 aliphatic carbocycles. The number of pyridine rings is 1. The van der Waals surface area contributed by atoms with E-state index in [1.807, 2.05) is 24.3 Å². The number of nitrogens with one attached hydrogen (secondary N) is 3. The molecule has 10 heteroatoms. The van der Waals surface area contributed by atoms with Gasteiger partial charge in [0.1, 0.15) is 5.82 Å². The number of rotatable bonds is 6. The molecular weight excluding hydrogens is 469 g/mol. The van der Waals surface area contributed by atoms with Gasteiger partial charge in [-0.25, -0.2) is 4.98 Å². The van der Waals surface area contributed by atoms with Gasteiger partial charge in [-0.05, 0) is 48.9 Å². The van der Waals surface area contributed by atoms with Gasteiger partial charge in [0.2, 0.25) is 5.91 Å². The standard InChI is InChI=1S/C24H28ClF3N4O2/c25-21-14-31-22(32-23(33)17-8-18(13-29-12-17)24(26,27)28)10-20(21)16-2-1-3-19(9-16)30-11-15-4-6-34-7-5-15/h1-3,9-10,14-15,17-18,29-30H,4-8,11-13H2,(H,31,32,33)/t17-,18+/m0/s1. The highest BCUT2D eigenvalue weighted by atomic mass is 35.5. The summed E-state index contributed by atoms with van der Waals surface area (Å²) in [7, 11) is 0. The third-order valence-electron chi connectivity index (χ3n) is 6.40. The third kappa shape index (κ3) is 6.40. The first-order valence-corrected chi connectivity index (χ1v) is 11.8. The molecule has 1 aromatic carbocycles. The molecule has 0 bridgehead atoms. The van der Waals surface area contributed by atoms with Crippen molar-refractivity contribution in [1.29, 1.82) is 0 Å². The molecule has 2 aromatic rings. The largest absolute Gasteiger partial charge is 0.393 e. The minimum Gasteiger partial charge on any atom is -0.385 e. The van der Waals surface area contributed by atoms with Crippen molar-refractivity contribution in [3.63, 3.8) is 0 Å². The number of halogens is 4. The van der Waals surface area contributed by atoms with Crippen molar-refractivity contribution in [1.82, 2.24) is 10.3 Å².